The molecule has 0 unspecified atom stereocenters. The molecule has 0 saturated carbocycles. The van der Waals surface area contributed by atoms with E-state index in [1.54, 1.807) is 4.90 Å². The molecule has 2 saturated heterocycles. The molecule has 1 spiro atoms. The monoisotopic (exact) mass is 487 g/mol. The van der Waals surface area contributed by atoms with Crippen molar-refractivity contribution in [3.05, 3.63) is 33.3 Å². The highest BCUT2D eigenvalue weighted by Crippen LogP contribution is 2.46. The van der Waals surface area contributed by atoms with Gasteiger partial charge in [0.15, 0.2) is 0 Å². The normalized spacial score (nSPS) is 25.9. The summed E-state index contributed by atoms with van der Waals surface area (Å²) in [4.78, 5) is 19.4. The third-order valence-electron chi connectivity index (χ3n) is 7.27. The Morgan fingerprint density at radius 2 is 2.15 bits per heavy atom. The third kappa shape index (κ3) is 4.62. The number of hydrogen-bond donors (Lipinski definition) is 0. The number of aromatic nitrogens is 3. The zero-order valence-electron chi connectivity index (χ0n) is 21.0. The zero-order valence-corrected chi connectivity index (χ0v) is 21.9. The zero-order chi connectivity index (χ0) is 24.1. The van der Waals surface area contributed by atoms with E-state index in [0.29, 0.717) is 19.1 Å². The van der Waals surface area contributed by atoms with Gasteiger partial charge >= 0.3 is 6.09 Å². The molecule has 2 fully saturated rings. The summed E-state index contributed by atoms with van der Waals surface area (Å²) in [6.45, 7) is 14.0. The Balaban J connectivity index is 1.17. The molecule has 0 N–H and O–H groups in total. The van der Waals surface area contributed by atoms with Gasteiger partial charge in [-0.1, -0.05) is 12.1 Å². The average molecular weight is 488 g/mol. The fourth-order valence-electron chi connectivity index (χ4n) is 5.38. The predicted octanol–water partition coefficient (Wildman–Crippen LogP) is 4.15. The van der Waals surface area contributed by atoms with Gasteiger partial charge in [-0.25, -0.2) is 9.48 Å². The van der Waals surface area contributed by atoms with Crippen LogP contribution in [0, 0.1) is 0 Å². The van der Waals surface area contributed by atoms with Crippen molar-refractivity contribution < 1.29 is 14.3 Å². The molecule has 3 aliphatic heterocycles. The van der Waals surface area contributed by atoms with Crippen molar-refractivity contribution in [2.45, 2.75) is 90.1 Å². The molecule has 0 bridgehead atoms. The maximum absolute atomic E-state index is 12.2. The van der Waals surface area contributed by atoms with E-state index in [4.69, 9.17) is 9.47 Å². The first-order valence-electron chi connectivity index (χ1n) is 12.5. The van der Waals surface area contributed by atoms with Crippen molar-refractivity contribution in [2.24, 2.45) is 0 Å². The van der Waals surface area contributed by atoms with Gasteiger partial charge in [0.05, 0.1) is 30.1 Å². The Morgan fingerprint density at radius 3 is 2.85 bits per heavy atom. The minimum Gasteiger partial charge on any atom is -0.444 e. The maximum Gasteiger partial charge on any atom is 0.410 e. The molecule has 1 amide bonds. The lowest BCUT2D eigenvalue weighted by Crippen LogP contribution is -2.52. The quantitative estimate of drug-likeness (QED) is 0.645. The number of ether oxygens (including phenoxy) is 2. The molecular weight excluding hydrogens is 450 g/mol. The molecule has 5 rings (SSSR count). The van der Waals surface area contributed by atoms with Crippen LogP contribution < -0.4 is 0 Å². The second-order valence-corrected chi connectivity index (χ2v) is 12.2. The molecule has 2 aromatic rings. The van der Waals surface area contributed by atoms with Gasteiger partial charge < -0.3 is 14.4 Å². The second-order valence-electron chi connectivity index (χ2n) is 11.0. The number of fused-ring (bicyclic) bond motifs is 2. The number of aryl methyl sites for hydroxylation is 1. The van der Waals surface area contributed by atoms with Gasteiger partial charge in [0, 0.05) is 48.4 Å². The molecule has 8 nitrogen and oxygen atoms in total. The Morgan fingerprint density at radius 1 is 1.35 bits per heavy atom. The van der Waals surface area contributed by atoms with Crippen LogP contribution in [-0.4, -0.2) is 68.8 Å². The number of likely N-dealkylation sites (tertiary alicyclic amines) is 2. The molecule has 5 heterocycles. The molecular formula is C25H37N5O3S. The number of carbonyl (C=O) groups is 1. The third-order valence-corrected chi connectivity index (χ3v) is 8.61. The lowest BCUT2D eigenvalue weighted by atomic mass is 9.79. The number of carbonyl (C=O) groups excluding carboxylic acids is 1. The summed E-state index contributed by atoms with van der Waals surface area (Å²) in [5.41, 5.74) is 1.84. The molecule has 186 valence electrons. The van der Waals surface area contributed by atoms with Gasteiger partial charge in [-0.15, -0.1) is 16.4 Å². The SMILES string of the molecule is CCc1cc2c(s1)CCO[C@@]21CCN(Cc2cn(C3CN(C(=O)OC(C)(C)C)C3)nn2)[C@@H](C)C1. The molecule has 0 aromatic carbocycles. The van der Waals surface area contributed by atoms with Crippen molar-refractivity contribution in [3.63, 3.8) is 0 Å². The number of hydrogen-bond acceptors (Lipinski definition) is 7. The van der Waals surface area contributed by atoms with Crippen LogP contribution in [0.2, 0.25) is 0 Å². The van der Waals surface area contributed by atoms with E-state index in [-0.39, 0.29) is 17.7 Å². The summed E-state index contributed by atoms with van der Waals surface area (Å²) >= 11 is 1.98. The van der Waals surface area contributed by atoms with Crippen molar-refractivity contribution >= 4 is 17.4 Å². The van der Waals surface area contributed by atoms with Crippen LogP contribution in [0.1, 0.15) is 74.5 Å². The maximum atomic E-state index is 12.2. The van der Waals surface area contributed by atoms with Crippen LogP contribution in [0.25, 0.3) is 0 Å². The van der Waals surface area contributed by atoms with Crippen LogP contribution in [0.4, 0.5) is 4.79 Å². The van der Waals surface area contributed by atoms with Gasteiger partial charge in [-0.05, 0) is 58.6 Å². The molecule has 2 atom stereocenters. The fraction of sp³-hybridized carbons (Fsp3) is 0.720. The van der Waals surface area contributed by atoms with Gasteiger partial charge in [-0.3, -0.25) is 4.90 Å². The van der Waals surface area contributed by atoms with Crippen molar-refractivity contribution in [3.8, 4) is 0 Å². The fourth-order valence-corrected chi connectivity index (χ4v) is 6.56. The van der Waals surface area contributed by atoms with Crippen LogP contribution in [0.3, 0.4) is 0 Å². The van der Waals surface area contributed by atoms with Gasteiger partial charge in [0.1, 0.15) is 5.60 Å². The standard InChI is InChI=1S/C25H37N5O3S/c1-6-20-11-21-22(34-20)7-10-32-25(21)8-9-28(17(2)12-25)13-18-14-30(27-26-18)19-15-29(16-19)23(31)33-24(3,4)5/h11,14,17,19H,6-10,12-13,15-16H2,1-5H3/t17-,25+/m0/s1. The van der Waals surface area contributed by atoms with E-state index < -0.39 is 5.60 Å². The van der Waals surface area contributed by atoms with Crippen molar-refractivity contribution in [1.29, 1.82) is 0 Å². The number of rotatable bonds is 4. The lowest BCUT2D eigenvalue weighted by Gasteiger charge is -2.47. The number of amides is 1. The van der Waals surface area contributed by atoms with Gasteiger partial charge in [0.2, 0.25) is 0 Å². The average Bonchev–Trinajstić information content (AvgIpc) is 3.35. The summed E-state index contributed by atoms with van der Waals surface area (Å²) in [6.07, 6.45) is 5.96. The van der Waals surface area contributed by atoms with E-state index in [9.17, 15) is 4.79 Å². The first-order valence-corrected chi connectivity index (χ1v) is 13.4. The molecule has 0 radical (unpaired) electrons. The second kappa shape index (κ2) is 8.91. The molecule has 34 heavy (non-hydrogen) atoms. The molecule has 0 aliphatic carbocycles. The van der Waals surface area contributed by atoms with Crippen LogP contribution in [0.15, 0.2) is 12.3 Å². The topological polar surface area (TPSA) is 72.7 Å². The van der Waals surface area contributed by atoms with Crippen molar-refractivity contribution in [2.75, 3.05) is 26.2 Å². The Labute approximate surface area is 206 Å². The Bertz CT molecular complexity index is 1040. The highest BCUT2D eigenvalue weighted by molar-refractivity contribution is 7.12. The summed E-state index contributed by atoms with van der Waals surface area (Å²) < 4.78 is 13.8. The number of piperidine rings is 1. The van der Waals surface area contributed by atoms with Crippen molar-refractivity contribution in [1.82, 2.24) is 24.8 Å². The Hall–Kier alpha value is -1.97. The number of nitrogens with zero attached hydrogens (tertiary/aromatic N) is 5. The van der Waals surface area contributed by atoms with E-state index in [1.807, 2.05) is 43.0 Å². The first-order chi connectivity index (χ1) is 16.2. The molecule has 9 heteroatoms. The minimum absolute atomic E-state index is 0.123. The summed E-state index contributed by atoms with van der Waals surface area (Å²) in [5, 5.41) is 8.80. The van der Waals surface area contributed by atoms with E-state index in [1.165, 1.54) is 15.3 Å². The lowest BCUT2D eigenvalue weighted by molar-refractivity contribution is -0.112. The largest absolute Gasteiger partial charge is 0.444 e. The van der Waals surface area contributed by atoms with E-state index >= 15 is 0 Å². The molecule has 3 aliphatic rings. The summed E-state index contributed by atoms with van der Waals surface area (Å²) in [5.74, 6) is 0. The first kappa shape index (κ1) is 23.8. The molecule has 2 aromatic heterocycles. The predicted molar refractivity (Wildman–Crippen MR) is 131 cm³/mol. The van der Waals surface area contributed by atoms with Gasteiger partial charge in [-0.2, -0.15) is 0 Å². The van der Waals surface area contributed by atoms with Crippen LogP contribution in [0.5, 0.6) is 0 Å². The summed E-state index contributed by atoms with van der Waals surface area (Å²) in [6, 6.07) is 2.98. The van der Waals surface area contributed by atoms with Crippen LogP contribution >= 0.6 is 11.3 Å². The Kier molecular flexibility index (Phi) is 6.23. The highest BCUT2D eigenvalue weighted by Gasteiger charge is 2.44. The smallest absolute Gasteiger partial charge is 0.410 e. The van der Waals surface area contributed by atoms with Gasteiger partial charge in [0.25, 0.3) is 0 Å². The van der Waals surface area contributed by atoms with E-state index in [0.717, 1.165) is 51.1 Å². The number of thiophene rings is 1. The van der Waals surface area contributed by atoms with E-state index in [2.05, 4.69) is 35.1 Å². The summed E-state index contributed by atoms with van der Waals surface area (Å²) in [7, 11) is 0. The van der Waals surface area contributed by atoms with Crippen LogP contribution in [-0.2, 0) is 34.5 Å². The highest BCUT2D eigenvalue weighted by atomic mass is 32.1. The minimum atomic E-state index is -0.474.